The number of nitrogens with zero attached hydrogens (tertiary/aromatic N) is 2. The van der Waals surface area contributed by atoms with Crippen LogP contribution in [0.15, 0.2) is 48.7 Å². The number of ether oxygens (including phenoxy) is 1. The summed E-state index contributed by atoms with van der Waals surface area (Å²) in [6, 6.07) is 13.0. The van der Waals surface area contributed by atoms with E-state index in [9.17, 15) is 14.7 Å². The minimum atomic E-state index is -0.849. The number of aliphatic hydroxyl groups is 1. The van der Waals surface area contributed by atoms with Crippen molar-refractivity contribution < 1.29 is 19.4 Å². The van der Waals surface area contributed by atoms with E-state index in [0.717, 1.165) is 26.4 Å². The Morgan fingerprint density at radius 2 is 1.94 bits per heavy atom. The molecule has 8 heteroatoms. The molecule has 5 rings (SSSR count). The lowest BCUT2D eigenvalue weighted by atomic mass is 9.93. The first kappa shape index (κ1) is 19.9. The first-order valence-electron chi connectivity index (χ1n) is 10.0. The van der Waals surface area contributed by atoms with Crippen LogP contribution in [0.4, 0.5) is 0 Å². The van der Waals surface area contributed by atoms with Gasteiger partial charge in [-0.05, 0) is 36.8 Å². The van der Waals surface area contributed by atoms with Crippen LogP contribution in [-0.2, 0) is 4.74 Å². The lowest BCUT2D eigenvalue weighted by Crippen LogP contribution is -2.49. The third kappa shape index (κ3) is 3.63. The highest BCUT2D eigenvalue weighted by molar-refractivity contribution is 7.23. The van der Waals surface area contributed by atoms with E-state index >= 15 is 0 Å². The van der Waals surface area contributed by atoms with Gasteiger partial charge in [-0.3, -0.25) is 14.0 Å². The van der Waals surface area contributed by atoms with Gasteiger partial charge in [-0.15, -0.1) is 0 Å². The van der Waals surface area contributed by atoms with Crippen molar-refractivity contribution in [2.75, 3.05) is 20.3 Å². The van der Waals surface area contributed by atoms with Crippen LogP contribution < -0.4 is 5.32 Å². The fourth-order valence-electron chi connectivity index (χ4n) is 3.72. The number of carbonyl (C=O) groups is 2. The van der Waals surface area contributed by atoms with E-state index in [1.165, 1.54) is 11.3 Å². The molecule has 0 radical (unpaired) electrons. The van der Waals surface area contributed by atoms with Crippen LogP contribution >= 0.6 is 11.3 Å². The number of Topliss-reactive ketones (excluding diaryl/α,β-unsaturated/α-hetero) is 1. The number of hydrogen-bond acceptors (Lipinski definition) is 6. The van der Waals surface area contributed by atoms with Crippen molar-refractivity contribution in [3.05, 3.63) is 59.8 Å². The number of fused-ring (bicyclic) bond motifs is 3. The molecular weight excluding hydrogens is 414 g/mol. The van der Waals surface area contributed by atoms with Gasteiger partial charge in [0.1, 0.15) is 5.60 Å². The predicted molar refractivity (Wildman–Crippen MR) is 119 cm³/mol. The zero-order valence-electron chi connectivity index (χ0n) is 16.9. The fraction of sp³-hybridized carbons (Fsp3) is 0.261. The molecule has 1 aliphatic rings. The molecule has 2 aromatic carbocycles. The Morgan fingerprint density at radius 1 is 1.19 bits per heavy atom. The van der Waals surface area contributed by atoms with Crippen molar-refractivity contribution in [1.82, 2.24) is 14.7 Å². The molecule has 4 aromatic rings. The summed E-state index contributed by atoms with van der Waals surface area (Å²) in [6.45, 7) is 0.608. The highest BCUT2D eigenvalue weighted by atomic mass is 32.1. The summed E-state index contributed by atoms with van der Waals surface area (Å²) in [5, 5.41) is 12.7. The number of hydrogen-bond donors (Lipinski definition) is 2. The molecule has 0 saturated carbocycles. The number of aromatic nitrogens is 2. The van der Waals surface area contributed by atoms with Gasteiger partial charge in [-0.2, -0.15) is 0 Å². The minimum Gasteiger partial charge on any atom is -0.385 e. The van der Waals surface area contributed by atoms with E-state index in [-0.39, 0.29) is 11.7 Å². The molecule has 158 valence electrons. The van der Waals surface area contributed by atoms with Gasteiger partial charge in [0.05, 0.1) is 29.1 Å². The molecule has 0 aliphatic carbocycles. The number of imidazole rings is 1. The summed E-state index contributed by atoms with van der Waals surface area (Å²) in [6.07, 6.45) is 2.68. The zero-order valence-corrected chi connectivity index (χ0v) is 17.7. The molecule has 3 heterocycles. The van der Waals surface area contributed by atoms with Crippen LogP contribution in [0.2, 0.25) is 0 Å². The highest BCUT2D eigenvalue weighted by Crippen LogP contribution is 2.31. The monoisotopic (exact) mass is 435 g/mol. The van der Waals surface area contributed by atoms with Crippen LogP contribution in [0.3, 0.4) is 0 Å². The number of ketones is 1. The standard InChI is InChI=1S/C23H21N3O4S/c1-24-21(28)15-4-2-14(3-5-15)17-11-26-18-7-6-16(10-20(18)31-22(26)25-17)19(27)8-9-23(29)12-30-13-23/h2-7,10-11,29H,8-9,12-13H2,1H3,(H,24,28). The summed E-state index contributed by atoms with van der Waals surface area (Å²) in [4.78, 5) is 29.9. The van der Waals surface area contributed by atoms with Crippen LogP contribution in [0.25, 0.3) is 26.4 Å². The number of benzene rings is 2. The van der Waals surface area contributed by atoms with E-state index in [1.807, 2.05) is 40.9 Å². The largest absolute Gasteiger partial charge is 0.385 e. The maximum Gasteiger partial charge on any atom is 0.251 e. The first-order valence-corrected chi connectivity index (χ1v) is 10.8. The lowest BCUT2D eigenvalue weighted by molar-refractivity contribution is -0.180. The SMILES string of the molecule is CNC(=O)c1ccc(-c2cn3c(n2)sc2cc(C(=O)CCC4(O)COC4)ccc23)cc1. The van der Waals surface area contributed by atoms with Gasteiger partial charge >= 0.3 is 0 Å². The van der Waals surface area contributed by atoms with Gasteiger partial charge in [-0.1, -0.05) is 23.5 Å². The average Bonchev–Trinajstić information content (AvgIpc) is 3.33. The van der Waals surface area contributed by atoms with E-state index < -0.39 is 5.60 Å². The van der Waals surface area contributed by atoms with E-state index in [1.54, 1.807) is 19.2 Å². The lowest BCUT2D eigenvalue weighted by Gasteiger charge is -2.36. The van der Waals surface area contributed by atoms with Gasteiger partial charge in [0.2, 0.25) is 0 Å². The Kier molecular flexibility index (Phi) is 4.85. The van der Waals surface area contributed by atoms with Crippen molar-refractivity contribution in [2.24, 2.45) is 0 Å². The molecule has 1 aliphatic heterocycles. The maximum absolute atomic E-state index is 12.6. The molecule has 0 bridgehead atoms. The Hall–Kier alpha value is -3.07. The quantitative estimate of drug-likeness (QED) is 0.454. The Morgan fingerprint density at radius 3 is 2.61 bits per heavy atom. The normalized spacial score (nSPS) is 15.2. The average molecular weight is 436 g/mol. The molecule has 1 amide bonds. The van der Waals surface area contributed by atoms with Gasteiger partial charge in [0.15, 0.2) is 10.7 Å². The van der Waals surface area contributed by atoms with Crippen molar-refractivity contribution in [2.45, 2.75) is 18.4 Å². The van der Waals surface area contributed by atoms with E-state index in [2.05, 4.69) is 5.32 Å². The third-order valence-electron chi connectivity index (χ3n) is 5.64. The Bertz CT molecular complexity index is 1300. The van der Waals surface area contributed by atoms with Gasteiger partial charge in [0, 0.05) is 36.4 Å². The molecule has 2 N–H and O–H groups in total. The van der Waals surface area contributed by atoms with Gasteiger partial charge in [-0.25, -0.2) is 4.98 Å². The Balaban J connectivity index is 1.39. The topological polar surface area (TPSA) is 92.9 Å². The minimum absolute atomic E-state index is 0.0187. The molecule has 0 atom stereocenters. The number of carbonyl (C=O) groups excluding carboxylic acids is 2. The second-order valence-corrected chi connectivity index (χ2v) is 8.87. The second kappa shape index (κ2) is 7.56. The fourth-order valence-corrected chi connectivity index (χ4v) is 4.77. The summed E-state index contributed by atoms with van der Waals surface area (Å²) < 4.78 is 8.04. The van der Waals surface area contributed by atoms with E-state index in [0.29, 0.717) is 37.2 Å². The van der Waals surface area contributed by atoms with Crippen LogP contribution in [-0.4, -0.2) is 52.0 Å². The molecule has 0 unspecified atom stereocenters. The third-order valence-corrected chi connectivity index (χ3v) is 6.66. The summed E-state index contributed by atoms with van der Waals surface area (Å²) >= 11 is 1.53. The molecule has 31 heavy (non-hydrogen) atoms. The molecular formula is C23H21N3O4S. The number of thiazole rings is 1. The number of nitrogens with one attached hydrogen (secondary N) is 1. The van der Waals surface area contributed by atoms with Gasteiger partial charge < -0.3 is 15.2 Å². The van der Waals surface area contributed by atoms with E-state index in [4.69, 9.17) is 9.72 Å². The van der Waals surface area contributed by atoms with Crippen LogP contribution in [0.1, 0.15) is 33.6 Å². The molecule has 1 saturated heterocycles. The highest BCUT2D eigenvalue weighted by Gasteiger charge is 2.36. The maximum atomic E-state index is 12.6. The molecule has 1 fully saturated rings. The summed E-state index contributed by atoms with van der Waals surface area (Å²) in [7, 11) is 1.61. The number of rotatable bonds is 6. The first-order chi connectivity index (χ1) is 15.0. The van der Waals surface area contributed by atoms with Crippen molar-refractivity contribution in [3.8, 4) is 11.3 Å². The zero-order chi connectivity index (χ0) is 21.6. The second-order valence-electron chi connectivity index (χ2n) is 7.86. The van der Waals surface area contributed by atoms with Gasteiger partial charge in [0.25, 0.3) is 5.91 Å². The Labute approximate surface area is 182 Å². The van der Waals surface area contributed by atoms with Crippen molar-refractivity contribution in [1.29, 1.82) is 0 Å². The predicted octanol–water partition coefficient (Wildman–Crippen LogP) is 3.30. The van der Waals surface area contributed by atoms with Crippen LogP contribution in [0, 0.1) is 0 Å². The van der Waals surface area contributed by atoms with Crippen molar-refractivity contribution >= 4 is 38.2 Å². The smallest absolute Gasteiger partial charge is 0.251 e. The number of amides is 1. The molecule has 0 spiro atoms. The van der Waals surface area contributed by atoms with Crippen LogP contribution in [0.5, 0.6) is 0 Å². The summed E-state index contributed by atoms with van der Waals surface area (Å²) in [5.74, 6) is -0.103. The molecule has 2 aromatic heterocycles. The van der Waals surface area contributed by atoms with Crippen molar-refractivity contribution in [3.63, 3.8) is 0 Å². The summed E-state index contributed by atoms with van der Waals surface area (Å²) in [5.41, 5.74) is 3.15. The molecule has 7 nitrogen and oxygen atoms in total.